The maximum absolute atomic E-state index is 14.4. The van der Waals surface area contributed by atoms with Gasteiger partial charge in [0.1, 0.15) is 23.4 Å². The first-order valence-corrected chi connectivity index (χ1v) is 12.8. The van der Waals surface area contributed by atoms with Gasteiger partial charge in [-0.1, -0.05) is 42.5 Å². The molecule has 8 heteroatoms. The van der Waals surface area contributed by atoms with Gasteiger partial charge in [0.05, 0.1) is 0 Å². The average Bonchev–Trinajstić information content (AvgIpc) is 2.75. The first-order valence-electron chi connectivity index (χ1n) is 12.8. The summed E-state index contributed by atoms with van der Waals surface area (Å²) in [5, 5.41) is 15.5. The van der Waals surface area contributed by atoms with Crippen LogP contribution in [0.3, 0.4) is 0 Å². The van der Waals surface area contributed by atoms with Crippen molar-refractivity contribution in [1.82, 2.24) is 15.5 Å². The van der Waals surface area contributed by atoms with Crippen molar-refractivity contribution < 1.29 is 24.2 Å². The summed E-state index contributed by atoms with van der Waals surface area (Å²) in [6.45, 7) is 16.5. The molecule has 3 N–H and O–H groups in total. The molecule has 208 valence electrons. The van der Waals surface area contributed by atoms with E-state index in [1.807, 2.05) is 71.9 Å². The molecule has 0 aromatic heterocycles. The zero-order chi connectivity index (χ0) is 28.9. The van der Waals surface area contributed by atoms with Crippen molar-refractivity contribution in [3.05, 3.63) is 65.7 Å². The van der Waals surface area contributed by atoms with E-state index in [2.05, 4.69) is 10.6 Å². The van der Waals surface area contributed by atoms with Crippen LogP contribution in [0.15, 0.2) is 54.6 Å². The van der Waals surface area contributed by atoms with Gasteiger partial charge in [0.2, 0.25) is 11.8 Å². The molecule has 2 atom stereocenters. The molecule has 0 aliphatic carbocycles. The molecule has 0 bridgehead atoms. The minimum absolute atomic E-state index is 0.0936. The molecule has 0 radical (unpaired) electrons. The van der Waals surface area contributed by atoms with Gasteiger partial charge in [-0.25, -0.2) is 4.79 Å². The maximum atomic E-state index is 14.4. The van der Waals surface area contributed by atoms with Crippen LogP contribution in [-0.4, -0.2) is 50.6 Å². The van der Waals surface area contributed by atoms with E-state index in [-0.39, 0.29) is 18.1 Å². The molecule has 0 fully saturated rings. The average molecular weight is 526 g/mol. The second kappa shape index (κ2) is 11.9. The number of phenolic OH excluding ortho intramolecular Hbond substituents is 1. The normalized spacial score (nSPS) is 13.7. The molecule has 0 saturated carbocycles. The van der Waals surface area contributed by atoms with Crippen LogP contribution in [-0.2, 0) is 20.7 Å². The minimum atomic E-state index is -1.04. The van der Waals surface area contributed by atoms with Gasteiger partial charge in [-0.15, -0.1) is 0 Å². The number of phenols is 1. The largest absolute Gasteiger partial charge is 0.508 e. The highest BCUT2D eigenvalue weighted by molar-refractivity contribution is 5.93. The quantitative estimate of drug-likeness (QED) is 0.466. The number of aromatic hydroxyl groups is 1. The SMILES string of the molecule is CC(C)(C)NC(=O)C(c1ccccc1)N(C(=O)C(Cc1ccc(O)cc1)NC(=O)OC(C)(C)C)C(C)(C)C. The molecule has 38 heavy (non-hydrogen) atoms. The third kappa shape index (κ3) is 9.39. The van der Waals surface area contributed by atoms with Crippen molar-refractivity contribution >= 4 is 17.9 Å². The van der Waals surface area contributed by atoms with E-state index in [0.717, 1.165) is 5.56 Å². The van der Waals surface area contributed by atoms with Crippen LogP contribution in [0, 0.1) is 0 Å². The number of benzene rings is 2. The number of carbonyl (C=O) groups excluding carboxylic acids is 3. The van der Waals surface area contributed by atoms with Gasteiger partial charge < -0.3 is 25.4 Å². The molecule has 0 heterocycles. The fraction of sp³-hybridized carbons (Fsp3) is 0.500. The molecule has 2 unspecified atom stereocenters. The Morgan fingerprint density at radius 1 is 0.868 bits per heavy atom. The summed E-state index contributed by atoms with van der Waals surface area (Å²) in [5.74, 6) is -0.669. The summed E-state index contributed by atoms with van der Waals surface area (Å²) in [7, 11) is 0. The van der Waals surface area contributed by atoms with Crippen molar-refractivity contribution in [3.8, 4) is 5.75 Å². The third-order valence-electron chi connectivity index (χ3n) is 5.45. The molecule has 8 nitrogen and oxygen atoms in total. The highest BCUT2D eigenvalue weighted by Crippen LogP contribution is 2.31. The smallest absolute Gasteiger partial charge is 0.408 e. The maximum Gasteiger partial charge on any atom is 0.408 e. The van der Waals surface area contributed by atoms with Crippen LogP contribution in [0.2, 0.25) is 0 Å². The summed E-state index contributed by atoms with van der Waals surface area (Å²) in [6, 6.07) is 13.6. The molecule has 0 aliphatic rings. The van der Waals surface area contributed by atoms with E-state index in [9.17, 15) is 19.5 Å². The summed E-state index contributed by atoms with van der Waals surface area (Å²) in [5.41, 5.74) is -0.717. The number of hydrogen-bond donors (Lipinski definition) is 3. The number of rotatable bonds is 7. The van der Waals surface area contributed by atoms with Gasteiger partial charge in [0.15, 0.2) is 0 Å². The highest BCUT2D eigenvalue weighted by atomic mass is 16.6. The second-order valence-electron chi connectivity index (χ2n) is 12.5. The molecule has 0 spiro atoms. The molecular formula is C30H43N3O5. The van der Waals surface area contributed by atoms with E-state index >= 15 is 0 Å². The lowest BCUT2D eigenvalue weighted by Crippen LogP contribution is -2.60. The van der Waals surface area contributed by atoms with Gasteiger partial charge in [-0.05, 0) is 85.6 Å². The molecule has 0 aliphatic heterocycles. The van der Waals surface area contributed by atoms with E-state index < -0.39 is 40.8 Å². The molecule has 2 aromatic carbocycles. The lowest BCUT2D eigenvalue weighted by molar-refractivity contribution is -0.149. The number of hydrogen-bond acceptors (Lipinski definition) is 5. The molecule has 2 rings (SSSR count). The van der Waals surface area contributed by atoms with E-state index in [1.165, 1.54) is 17.0 Å². The van der Waals surface area contributed by atoms with Crippen LogP contribution < -0.4 is 10.6 Å². The topological polar surface area (TPSA) is 108 Å². The molecule has 3 amide bonds. The number of alkyl carbamates (subject to hydrolysis) is 1. The number of nitrogens with one attached hydrogen (secondary N) is 2. The van der Waals surface area contributed by atoms with E-state index in [0.29, 0.717) is 5.56 Å². The van der Waals surface area contributed by atoms with Crippen molar-refractivity contribution in [2.75, 3.05) is 0 Å². The lowest BCUT2D eigenvalue weighted by atomic mass is 9.93. The zero-order valence-corrected chi connectivity index (χ0v) is 24.1. The summed E-state index contributed by atoms with van der Waals surface area (Å²) >= 11 is 0. The second-order valence-corrected chi connectivity index (χ2v) is 12.5. The van der Waals surface area contributed by atoms with Crippen LogP contribution in [0.25, 0.3) is 0 Å². The number of ether oxygens (including phenoxy) is 1. The summed E-state index contributed by atoms with van der Waals surface area (Å²) in [6.07, 6.45) is -0.605. The van der Waals surface area contributed by atoms with Gasteiger partial charge in [-0.2, -0.15) is 0 Å². The Labute approximate surface area is 226 Å². The molecule has 0 saturated heterocycles. The summed E-state index contributed by atoms with van der Waals surface area (Å²) in [4.78, 5) is 42.5. The monoisotopic (exact) mass is 525 g/mol. The van der Waals surface area contributed by atoms with E-state index in [4.69, 9.17) is 4.74 Å². The van der Waals surface area contributed by atoms with E-state index in [1.54, 1.807) is 32.9 Å². The Balaban J connectivity index is 2.60. The van der Waals surface area contributed by atoms with Crippen molar-refractivity contribution in [2.24, 2.45) is 0 Å². The Hall–Kier alpha value is -3.55. The van der Waals surface area contributed by atoms with Gasteiger partial charge in [0.25, 0.3) is 0 Å². The predicted molar refractivity (Wildman–Crippen MR) is 149 cm³/mol. The molecular weight excluding hydrogens is 482 g/mol. The van der Waals surface area contributed by atoms with Gasteiger partial charge in [0, 0.05) is 17.5 Å². The van der Waals surface area contributed by atoms with Gasteiger partial charge in [-0.3, -0.25) is 9.59 Å². The lowest BCUT2D eigenvalue weighted by Gasteiger charge is -2.43. The Bertz CT molecular complexity index is 1090. The molecule has 2 aromatic rings. The Morgan fingerprint density at radius 2 is 1.42 bits per heavy atom. The first-order chi connectivity index (χ1) is 17.4. The fourth-order valence-corrected chi connectivity index (χ4v) is 4.02. The van der Waals surface area contributed by atoms with Crippen molar-refractivity contribution in [3.63, 3.8) is 0 Å². The van der Waals surface area contributed by atoms with Gasteiger partial charge >= 0.3 is 6.09 Å². The summed E-state index contributed by atoms with van der Waals surface area (Å²) < 4.78 is 5.46. The number of nitrogens with zero attached hydrogens (tertiary/aromatic N) is 1. The Morgan fingerprint density at radius 3 is 1.89 bits per heavy atom. The third-order valence-corrected chi connectivity index (χ3v) is 5.45. The number of amides is 3. The predicted octanol–water partition coefficient (Wildman–Crippen LogP) is 5.11. The first kappa shape index (κ1) is 30.7. The highest BCUT2D eigenvalue weighted by Gasteiger charge is 2.42. The fourth-order valence-electron chi connectivity index (χ4n) is 4.02. The zero-order valence-electron chi connectivity index (χ0n) is 24.1. The standard InChI is InChI=1S/C30H43N3O5/c1-28(2,3)32-25(35)24(21-13-11-10-12-14-21)33(29(4,5)6)26(36)23(31-27(37)38-30(7,8)9)19-20-15-17-22(34)18-16-20/h10-18,23-24,34H,19H2,1-9H3,(H,31,37)(H,32,35). The number of carbonyl (C=O) groups is 3. The minimum Gasteiger partial charge on any atom is -0.508 e. The van der Waals surface area contributed by atoms with Crippen molar-refractivity contribution in [2.45, 2.75) is 97.5 Å². The van der Waals surface area contributed by atoms with Crippen LogP contribution in [0.1, 0.15) is 79.5 Å². The van der Waals surface area contributed by atoms with Crippen LogP contribution in [0.4, 0.5) is 4.79 Å². The van der Waals surface area contributed by atoms with Crippen LogP contribution in [0.5, 0.6) is 5.75 Å². The Kier molecular flexibility index (Phi) is 9.59. The van der Waals surface area contributed by atoms with Crippen molar-refractivity contribution in [1.29, 1.82) is 0 Å². The van der Waals surface area contributed by atoms with Crippen LogP contribution >= 0.6 is 0 Å².